The molecule has 0 saturated carbocycles. The third-order valence-electron chi connectivity index (χ3n) is 5.29. The summed E-state index contributed by atoms with van der Waals surface area (Å²) in [6.07, 6.45) is 0.695. The van der Waals surface area contributed by atoms with Crippen LogP contribution in [0.1, 0.15) is 12.5 Å². The van der Waals surface area contributed by atoms with Gasteiger partial charge in [-0.25, -0.2) is 4.39 Å². The van der Waals surface area contributed by atoms with Crippen molar-refractivity contribution < 1.29 is 13.9 Å². The number of anilines is 1. The van der Waals surface area contributed by atoms with E-state index in [9.17, 15) is 9.18 Å². The summed E-state index contributed by atoms with van der Waals surface area (Å²) >= 11 is 0. The van der Waals surface area contributed by atoms with E-state index in [1.807, 2.05) is 25.1 Å². The van der Waals surface area contributed by atoms with E-state index in [0.29, 0.717) is 13.0 Å². The number of hydrogen-bond acceptors (Lipinski definition) is 4. The van der Waals surface area contributed by atoms with Gasteiger partial charge in [0.05, 0.1) is 18.8 Å². The Balaban J connectivity index is 1.45. The molecule has 1 heterocycles. The fourth-order valence-electron chi connectivity index (χ4n) is 3.54. The number of hydrogen-bond donors (Lipinski definition) is 1. The third-order valence-corrected chi connectivity index (χ3v) is 5.29. The molecule has 0 spiro atoms. The van der Waals surface area contributed by atoms with Crippen LogP contribution in [0.3, 0.4) is 0 Å². The van der Waals surface area contributed by atoms with Gasteiger partial charge < -0.3 is 15.0 Å². The predicted molar refractivity (Wildman–Crippen MR) is 109 cm³/mol. The number of amides is 1. The molecule has 1 aliphatic heterocycles. The number of nitrogens with zero attached hydrogens (tertiary/aromatic N) is 2. The first-order chi connectivity index (χ1) is 13.6. The minimum Gasteiger partial charge on any atom is -0.495 e. The van der Waals surface area contributed by atoms with Gasteiger partial charge >= 0.3 is 0 Å². The molecule has 150 valence electrons. The lowest BCUT2D eigenvalue weighted by molar-refractivity contribution is -0.125. The number of methoxy groups -OCH3 is 1. The number of halogens is 1. The van der Waals surface area contributed by atoms with Gasteiger partial charge in [-0.3, -0.25) is 9.69 Å². The van der Waals surface area contributed by atoms with Crippen LogP contribution >= 0.6 is 0 Å². The molecule has 1 N–H and O–H groups in total. The van der Waals surface area contributed by atoms with Crippen molar-refractivity contribution in [1.82, 2.24) is 10.2 Å². The monoisotopic (exact) mass is 385 g/mol. The highest BCUT2D eigenvalue weighted by molar-refractivity contribution is 5.81. The molecule has 5 nitrogen and oxygen atoms in total. The molecule has 0 radical (unpaired) electrons. The van der Waals surface area contributed by atoms with Crippen LogP contribution in [0.15, 0.2) is 48.5 Å². The van der Waals surface area contributed by atoms with Crippen LogP contribution in [0, 0.1) is 5.82 Å². The summed E-state index contributed by atoms with van der Waals surface area (Å²) in [6.45, 7) is 5.86. The Morgan fingerprint density at radius 3 is 2.46 bits per heavy atom. The quantitative estimate of drug-likeness (QED) is 0.796. The molecule has 0 aromatic heterocycles. The second-order valence-corrected chi connectivity index (χ2v) is 7.04. The van der Waals surface area contributed by atoms with Gasteiger partial charge in [0, 0.05) is 32.7 Å². The zero-order valence-electron chi connectivity index (χ0n) is 16.5. The largest absolute Gasteiger partial charge is 0.495 e. The predicted octanol–water partition coefficient (Wildman–Crippen LogP) is 2.70. The molecular weight excluding hydrogens is 357 g/mol. The Labute approximate surface area is 166 Å². The Kier molecular flexibility index (Phi) is 6.87. The zero-order chi connectivity index (χ0) is 19.9. The van der Waals surface area contributed by atoms with Gasteiger partial charge in [-0.2, -0.15) is 0 Å². The molecule has 2 aromatic rings. The lowest BCUT2D eigenvalue weighted by Gasteiger charge is -2.38. The second-order valence-electron chi connectivity index (χ2n) is 7.04. The standard InChI is InChI=1S/C22H28FN3O2/c1-17(22(27)24-12-11-18-7-9-19(23)10-8-18)25-13-15-26(16-14-25)20-5-3-4-6-21(20)28-2/h3-10,17H,11-16H2,1-2H3,(H,24,27)/t17-/m0/s1. The Morgan fingerprint density at radius 1 is 1.11 bits per heavy atom. The SMILES string of the molecule is COc1ccccc1N1CCN([C@@H](C)C(=O)NCCc2ccc(F)cc2)CC1. The van der Waals surface area contributed by atoms with Crippen LogP contribution in [0.5, 0.6) is 5.75 Å². The number of rotatable bonds is 7. The van der Waals surface area contributed by atoms with Gasteiger partial charge in [0.2, 0.25) is 5.91 Å². The molecule has 1 fully saturated rings. The van der Waals surface area contributed by atoms with Gasteiger partial charge in [-0.15, -0.1) is 0 Å². The number of piperazine rings is 1. The number of nitrogens with one attached hydrogen (secondary N) is 1. The third kappa shape index (κ3) is 5.01. The van der Waals surface area contributed by atoms with Crippen LogP contribution in [-0.2, 0) is 11.2 Å². The average Bonchev–Trinajstić information content (AvgIpc) is 2.74. The van der Waals surface area contributed by atoms with E-state index in [1.165, 1.54) is 12.1 Å². The number of carbonyl (C=O) groups excluding carboxylic acids is 1. The molecule has 3 rings (SSSR count). The highest BCUT2D eigenvalue weighted by Crippen LogP contribution is 2.28. The first kappa shape index (κ1) is 20.1. The van der Waals surface area contributed by atoms with Crippen molar-refractivity contribution in [1.29, 1.82) is 0 Å². The maximum atomic E-state index is 12.9. The number of carbonyl (C=O) groups is 1. The summed E-state index contributed by atoms with van der Waals surface area (Å²) in [7, 11) is 1.69. The van der Waals surface area contributed by atoms with Gasteiger partial charge in [0.25, 0.3) is 0 Å². The minimum atomic E-state index is -0.242. The number of benzene rings is 2. The zero-order valence-corrected chi connectivity index (χ0v) is 16.5. The van der Waals surface area contributed by atoms with Crippen molar-refractivity contribution >= 4 is 11.6 Å². The highest BCUT2D eigenvalue weighted by Gasteiger charge is 2.26. The van der Waals surface area contributed by atoms with Gasteiger partial charge in [0.15, 0.2) is 0 Å². The second kappa shape index (κ2) is 9.55. The van der Waals surface area contributed by atoms with E-state index in [2.05, 4.69) is 21.2 Å². The number of ether oxygens (including phenoxy) is 1. The van der Waals surface area contributed by atoms with E-state index in [0.717, 1.165) is 43.2 Å². The lowest BCUT2D eigenvalue weighted by atomic mass is 10.1. The van der Waals surface area contributed by atoms with E-state index < -0.39 is 0 Å². The van der Waals surface area contributed by atoms with Crippen molar-refractivity contribution in [2.45, 2.75) is 19.4 Å². The molecule has 6 heteroatoms. The smallest absolute Gasteiger partial charge is 0.237 e. The van der Waals surface area contributed by atoms with Crippen molar-refractivity contribution in [2.24, 2.45) is 0 Å². The van der Waals surface area contributed by atoms with Crippen LogP contribution in [0.2, 0.25) is 0 Å². The molecule has 28 heavy (non-hydrogen) atoms. The maximum absolute atomic E-state index is 12.9. The van der Waals surface area contributed by atoms with Crippen molar-refractivity contribution in [3.63, 3.8) is 0 Å². The molecule has 1 saturated heterocycles. The fourth-order valence-corrected chi connectivity index (χ4v) is 3.54. The maximum Gasteiger partial charge on any atom is 0.237 e. The molecule has 2 aromatic carbocycles. The summed E-state index contributed by atoms with van der Waals surface area (Å²) in [5, 5.41) is 3.00. The lowest BCUT2D eigenvalue weighted by Crippen LogP contribution is -2.54. The highest BCUT2D eigenvalue weighted by atomic mass is 19.1. The first-order valence-electron chi connectivity index (χ1n) is 9.72. The van der Waals surface area contributed by atoms with Crippen molar-refractivity contribution in [2.75, 3.05) is 44.7 Å². The van der Waals surface area contributed by atoms with E-state index >= 15 is 0 Å². The fraction of sp³-hybridized carbons (Fsp3) is 0.409. The first-order valence-corrected chi connectivity index (χ1v) is 9.72. The molecular formula is C22H28FN3O2. The van der Waals surface area contributed by atoms with Gasteiger partial charge in [-0.05, 0) is 43.2 Å². The van der Waals surface area contributed by atoms with Crippen LogP contribution in [-0.4, -0.2) is 56.7 Å². The molecule has 0 aliphatic carbocycles. The Morgan fingerprint density at radius 2 is 1.79 bits per heavy atom. The van der Waals surface area contributed by atoms with Crippen LogP contribution in [0.25, 0.3) is 0 Å². The molecule has 1 atom stereocenters. The molecule has 1 amide bonds. The minimum absolute atomic E-state index is 0.0350. The number of para-hydroxylation sites is 2. The van der Waals surface area contributed by atoms with Crippen molar-refractivity contribution in [3.05, 3.63) is 59.9 Å². The summed E-state index contributed by atoms with van der Waals surface area (Å²) in [5.41, 5.74) is 2.11. The molecule has 0 unspecified atom stereocenters. The summed E-state index contributed by atoms with van der Waals surface area (Å²) in [6, 6.07) is 14.2. The summed E-state index contributed by atoms with van der Waals surface area (Å²) in [5.74, 6) is 0.670. The topological polar surface area (TPSA) is 44.8 Å². The molecule has 0 bridgehead atoms. The summed E-state index contributed by atoms with van der Waals surface area (Å²) < 4.78 is 18.4. The van der Waals surface area contributed by atoms with Gasteiger partial charge in [0.1, 0.15) is 11.6 Å². The van der Waals surface area contributed by atoms with Crippen LogP contribution in [0.4, 0.5) is 10.1 Å². The Bertz CT molecular complexity index is 774. The summed E-state index contributed by atoms with van der Waals surface area (Å²) in [4.78, 5) is 17.0. The average molecular weight is 385 g/mol. The van der Waals surface area contributed by atoms with Crippen LogP contribution < -0.4 is 15.0 Å². The van der Waals surface area contributed by atoms with Gasteiger partial charge in [-0.1, -0.05) is 24.3 Å². The normalized spacial score (nSPS) is 15.9. The Hall–Kier alpha value is -2.60. The van der Waals surface area contributed by atoms with Crippen molar-refractivity contribution in [3.8, 4) is 5.75 Å². The molecule has 1 aliphatic rings. The van der Waals surface area contributed by atoms with E-state index in [-0.39, 0.29) is 17.8 Å². The van der Waals surface area contributed by atoms with E-state index in [4.69, 9.17) is 4.74 Å². The van der Waals surface area contributed by atoms with E-state index in [1.54, 1.807) is 19.2 Å².